The van der Waals surface area contributed by atoms with Crippen molar-refractivity contribution >= 4 is 11.8 Å². The van der Waals surface area contributed by atoms with E-state index in [1.807, 2.05) is 0 Å². The van der Waals surface area contributed by atoms with Crippen LogP contribution < -0.4 is 10.6 Å². The fourth-order valence-electron chi connectivity index (χ4n) is 12.1. The second kappa shape index (κ2) is 32.6. The highest BCUT2D eigenvalue weighted by Gasteiger charge is 2.60. The molecule has 8 fully saturated rings. The highest BCUT2D eigenvalue weighted by Crippen LogP contribution is 2.39. The lowest BCUT2D eigenvalue weighted by Crippen LogP contribution is -2.71. The minimum Gasteiger partial charge on any atom is -0.394 e. The molecule has 540 valence electrons. The van der Waals surface area contributed by atoms with Crippen LogP contribution in [0.15, 0.2) is 0 Å². The van der Waals surface area contributed by atoms with Gasteiger partial charge in [0.05, 0.1) is 51.8 Å². The summed E-state index contributed by atoms with van der Waals surface area (Å²) in [6, 6.07) is -3.73. The van der Waals surface area contributed by atoms with Gasteiger partial charge in [0, 0.05) is 13.8 Å². The number of carbonyl (C=O) groups excluding carboxylic acids is 2. The molecule has 8 aliphatic rings. The summed E-state index contributed by atoms with van der Waals surface area (Å²) in [7, 11) is 0. The average molecular weight is 1370 g/mol. The number of ether oxygens (including phenoxy) is 15. The molecule has 41 heteroatoms. The minimum atomic E-state index is -2.44. The van der Waals surface area contributed by atoms with E-state index in [0.717, 1.165) is 13.8 Å². The van der Waals surface area contributed by atoms with E-state index < -0.39 is 297 Å². The third-order valence-corrected chi connectivity index (χ3v) is 17.4. The van der Waals surface area contributed by atoms with E-state index in [0.29, 0.717) is 0 Å². The quantitative estimate of drug-likeness (QED) is 0.0479. The molecule has 8 rings (SSSR count). The molecule has 24 N–H and O–H groups in total. The van der Waals surface area contributed by atoms with Gasteiger partial charge in [-0.1, -0.05) is 0 Å². The van der Waals surface area contributed by atoms with Crippen LogP contribution in [0.25, 0.3) is 0 Å². The van der Waals surface area contributed by atoms with Crippen molar-refractivity contribution in [2.75, 3.05) is 39.6 Å². The van der Waals surface area contributed by atoms with Crippen molar-refractivity contribution in [3.05, 3.63) is 0 Å². The van der Waals surface area contributed by atoms with E-state index in [-0.39, 0.29) is 0 Å². The number of aliphatic hydroxyl groups is 22. The van der Waals surface area contributed by atoms with Crippen LogP contribution in [0.3, 0.4) is 0 Å². The first-order chi connectivity index (χ1) is 43.9. The zero-order chi connectivity index (χ0) is 68.5. The highest BCUT2D eigenvalue weighted by atomic mass is 16.8. The van der Waals surface area contributed by atoms with Crippen LogP contribution in [0.2, 0.25) is 0 Å². The zero-order valence-electron chi connectivity index (χ0n) is 50.1. The molecule has 40 atom stereocenters. The summed E-state index contributed by atoms with van der Waals surface area (Å²) in [4.78, 5) is 26.0. The van der Waals surface area contributed by atoms with Gasteiger partial charge in [-0.3, -0.25) is 9.59 Å². The number of amides is 2. The van der Waals surface area contributed by atoms with Gasteiger partial charge in [0.25, 0.3) is 0 Å². The summed E-state index contributed by atoms with van der Waals surface area (Å²) in [5.74, 6) is -1.79. The third kappa shape index (κ3) is 16.4. The molecule has 0 spiro atoms. The Labute approximate surface area is 527 Å². The van der Waals surface area contributed by atoms with E-state index in [2.05, 4.69) is 10.6 Å². The topological polar surface area (TPSA) is 642 Å². The summed E-state index contributed by atoms with van der Waals surface area (Å²) in [6.45, 7) is -1.68. The molecule has 0 aromatic heterocycles. The van der Waals surface area contributed by atoms with Gasteiger partial charge in [-0.05, 0) is 13.8 Å². The first kappa shape index (κ1) is 76.2. The zero-order valence-corrected chi connectivity index (χ0v) is 50.1. The number of carbonyl (C=O) groups is 2. The van der Waals surface area contributed by atoms with Crippen molar-refractivity contribution in [1.82, 2.24) is 10.6 Å². The van der Waals surface area contributed by atoms with Crippen molar-refractivity contribution in [3.63, 3.8) is 0 Å². The first-order valence-corrected chi connectivity index (χ1v) is 29.9. The molecule has 41 nitrogen and oxygen atoms in total. The third-order valence-electron chi connectivity index (χ3n) is 17.4. The van der Waals surface area contributed by atoms with Gasteiger partial charge in [-0.25, -0.2) is 0 Å². The Balaban J connectivity index is 1.11. The molecular formula is C52H88N2O39. The molecule has 0 bridgehead atoms. The predicted octanol–water partition coefficient (Wildman–Crippen LogP) is -16.1. The van der Waals surface area contributed by atoms with Crippen LogP contribution in [0.4, 0.5) is 0 Å². The van der Waals surface area contributed by atoms with E-state index in [1.165, 1.54) is 13.8 Å². The molecule has 2 amide bonds. The lowest BCUT2D eigenvalue weighted by molar-refractivity contribution is -0.404. The summed E-state index contributed by atoms with van der Waals surface area (Å²) < 4.78 is 88.3. The summed E-state index contributed by atoms with van der Waals surface area (Å²) in [6.07, 6.45) is -74.4. The van der Waals surface area contributed by atoms with Gasteiger partial charge in [0.1, 0.15) is 183 Å². The highest BCUT2D eigenvalue weighted by molar-refractivity contribution is 5.73. The van der Waals surface area contributed by atoms with Crippen molar-refractivity contribution in [3.8, 4) is 0 Å². The van der Waals surface area contributed by atoms with Crippen LogP contribution >= 0.6 is 0 Å². The second-order valence-electron chi connectivity index (χ2n) is 23.9. The van der Waals surface area contributed by atoms with Gasteiger partial charge < -0.3 is 194 Å². The van der Waals surface area contributed by atoms with Crippen LogP contribution in [0.5, 0.6) is 0 Å². The predicted molar refractivity (Wildman–Crippen MR) is 285 cm³/mol. The van der Waals surface area contributed by atoms with E-state index in [4.69, 9.17) is 71.1 Å². The minimum absolute atomic E-state index is 0.850. The largest absolute Gasteiger partial charge is 0.394 e. The molecule has 8 heterocycles. The van der Waals surface area contributed by atoms with Crippen LogP contribution in [0.1, 0.15) is 27.7 Å². The lowest BCUT2D eigenvalue weighted by atomic mass is 9.93. The number of hydrogen-bond donors (Lipinski definition) is 24. The fourth-order valence-corrected chi connectivity index (χ4v) is 12.1. The van der Waals surface area contributed by atoms with Crippen molar-refractivity contribution in [2.24, 2.45) is 0 Å². The van der Waals surface area contributed by atoms with Crippen molar-refractivity contribution in [2.45, 2.75) is 273 Å². The van der Waals surface area contributed by atoms with Crippen LogP contribution in [0, 0.1) is 0 Å². The maximum Gasteiger partial charge on any atom is 0.217 e. The standard InChI is InChI=1S/C52H88N2O39/c1-11-23(62)28(67)33(72)47(80-11)79-10-20-42(43(22(45(78)82-20)54-14(4)61)92-48-34(73)29(68)24(63)12(2)81-48)90-46-21(53-13(3)60)27(66)39(17(7-57)85-46)88-52-38(77)44(41(19(9-59)87-52)91-50-36(75)31(70)26(65)16(6-56)84-50)93-51-37(76)32(71)40(18(8-58)86-51)89-49-35(74)30(69)25(64)15(5-55)83-49/h11-12,15-52,55-59,62-78H,5-10H2,1-4H3,(H,53,60)(H,54,61)/t11-,12-,15+,16+,17+,18+,19+,20+,21+,22+,23+,24+,25-,26-,27+,28+,29+,30-,31-,32+,33-,34-,35+,36+,37-,38-,39+,40+,41+,42+,43+,44+,45+,46-,47+,48-,49+,50-,51+,52-/m0/s1. The van der Waals surface area contributed by atoms with Gasteiger partial charge in [0.15, 0.2) is 50.3 Å². The Morgan fingerprint density at radius 2 is 0.624 bits per heavy atom. The van der Waals surface area contributed by atoms with Gasteiger partial charge in [0.2, 0.25) is 11.8 Å². The number of rotatable bonds is 22. The van der Waals surface area contributed by atoms with E-state index >= 15 is 0 Å². The molecule has 93 heavy (non-hydrogen) atoms. The SMILES string of the molecule is CC(=O)N[C@@H]1[C@@H](O[C@@H]2O[C@@H](C)[C@@H](O)[C@@H](O)[C@@H]2O)[C@H](O[C@@H]2O[C@H](CO)[C@@H](O[C@@H]3O[C@H](CO)[C@@H](O[C@@H]4O[C@H](CO)[C@H](O)[C@H](O)[C@H]4O)[C@H](O[C@H]4O[C@H](CO)[C@@H](O[C@H]5O[C@H](CO)[C@H](O)[C@H](O)[C@H]5O)[C@H](O)[C@@H]4O)[C@@H]3O)[C@H](O)[C@H]2NC(C)=O)[C@@H](CO[C@@H]2O[C@@H](C)[C@@H](O)[C@@H](O)[C@@H]2O)O[C@H]1O. The molecule has 0 radical (unpaired) electrons. The summed E-state index contributed by atoms with van der Waals surface area (Å²) in [5, 5.41) is 244. The Kier molecular flexibility index (Phi) is 26.7. The molecule has 0 aromatic carbocycles. The van der Waals surface area contributed by atoms with Crippen LogP contribution in [-0.4, -0.2) is 409 Å². The Bertz CT molecular complexity index is 2350. The normalized spacial score (nSPS) is 51.6. The molecule has 8 aliphatic heterocycles. The first-order valence-electron chi connectivity index (χ1n) is 29.9. The fraction of sp³-hybridized carbons (Fsp3) is 0.962. The van der Waals surface area contributed by atoms with Crippen LogP contribution in [-0.2, 0) is 80.6 Å². The Morgan fingerprint density at radius 3 is 1.10 bits per heavy atom. The van der Waals surface area contributed by atoms with E-state index in [9.17, 15) is 122 Å². The Morgan fingerprint density at radius 1 is 0.301 bits per heavy atom. The van der Waals surface area contributed by atoms with Crippen molar-refractivity contribution < 1.29 is 193 Å². The maximum atomic E-state index is 13.2. The number of aliphatic hydroxyl groups excluding tert-OH is 22. The molecule has 0 aromatic rings. The van der Waals surface area contributed by atoms with Gasteiger partial charge in [-0.15, -0.1) is 0 Å². The monoisotopic (exact) mass is 1360 g/mol. The number of hydrogen-bond acceptors (Lipinski definition) is 39. The smallest absolute Gasteiger partial charge is 0.217 e. The molecule has 0 saturated carbocycles. The van der Waals surface area contributed by atoms with Gasteiger partial charge >= 0.3 is 0 Å². The average Bonchev–Trinajstić information content (AvgIpc) is 0.840. The molecule has 0 aliphatic carbocycles. The second-order valence-corrected chi connectivity index (χ2v) is 23.9. The summed E-state index contributed by atoms with van der Waals surface area (Å²) >= 11 is 0. The van der Waals surface area contributed by atoms with E-state index in [1.54, 1.807) is 0 Å². The lowest BCUT2D eigenvalue weighted by Gasteiger charge is -2.52. The van der Waals surface area contributed by atoms with Gasteiger partial charge in [-0.2, -0.15) is 0 Å². The number of nitrogens with one attached hydrogen (secondary N) is 2. The Hall–Kier alpha value is -2.54. The maximum absolute atomic E-state index is 13.2. The molecule has 8 saturated heterocycles. The molecular weight excluding hydrogens is 1280 g/mol. The van der Waals surface area contributed by atoms with Crippen molar-refractivity contribution in [1.29, 1.82) is 0 Å². The molecule has 0 unspecified atom stereocenters. The summed E-state index contributed by atoms with van der Waals surface area (Å²) in [5.41, 5.74) is 0.